The van der Waals surface area contributed by atoms with Crippen LogP contribution in [-0.2, 0) is 4.79 Å². The van der Waals surface area contributed by atoms with Gasteiger partial charge < -0.3 is 15.1 Å². The molecule has 7 nitrogen and oxygen atoms in total. The Morgan fingerprint density at radius 1 is 1.42 bits per heavy atom. The monoisotopic (exact) mass is 283 g/mol. The van der Waals surface area contributed by atoms with E-state index in [0.29, 0.717) is 23.2 Å². The number of nitrogens with one attached hydrogen (secondary N) is 1. The Bertz CT molecular complexity index is 475. The fraction of sp³-hybridized carbons (Fsp3) is 0.636. The van der Waals surface area contributed by atoms with E-state index in [1.165, 1.54) is 16.2 Å². The lowest BCUT2D eigenvalue weighted by Gasteiger charge is -2.31. The number of piperazine rings is 1. The zero-order valence-corrected chi connectivity index (χ0v) is 11.9. The molecule has 1 N–H and O–H groups in total. The Morgan fingerprint density at radius 3 is 2.89 bits per heavy atom. The van der Waals surface area contributed by atoms with E-state index in [4.69, 9.17) is 0 Å². The molecule has 2 heterocycles. The van der Waals surface area contributed by atoms with Crippen LogP contribution in [0.15, 0.2) is 0 Å². The molecule has 1 aliphatic rings. The van der Waals surface area contributed by atoms with Crippen molar-refractivity contribution in [3.05, 3.63) is 5.01 Å². The number of likely N-dealkylation sites (N-methyl/N-ethyl adjacent to an activating group) is 1. The molecule has 2 rings (SSSR count). The second kappa shape index (κ2) is 5.96. The zero-order chi connectivity index (χ0) is 13.8. The lowest BCUT2D eigenvalue weighted by molar-refractivity contribution is -0.133. The lowest BCUT2D eigenvalue weighted by atomic mass is 10.3. The topological polar surface area (TPSA) is 78.4 Å². The van der Waals surface area contributed by atoms with Crippen LogP contribution < -0.4 is 5.32 Å². The second-order valence-electron chi connectivity index (χ2n) is 4.38. The Kier molecular flexibility index (Phi) is 4.31. The summed E-state index contributed by atoms with van der Waals surface area (Å²) in [6.07, 6.45) is 0.982. The number of nitrogens with zero attached hydrogens (tertiary/aromatic N) is 4. The van der Waals surface area contributed by atoms with E-state index in [2.05, 4.69) is 22.4 Å². The van der Waals surface area contributed by atoms with E-state index in [-0.39, 0.29) is 18.4 Å². The number of hydrogen-bond donors (Lipinski definition) is 1. The first kappa shape index (κ1) is 13.7. The molecule has 0 bridgehead atoms. The van der Waals surface area contributed by atoms with Gasteiger partial charge in [0, 0.05) is 26.7 Å². The first-order valence-electron chi connectivity index (χ1n) is 6.22. The molecule has 19 heavy (non-hydrogen) atoms. The lowest BCUT2D eigenvalue weighted by Crippen LogP contribution is -2.50. The van der Waals surface area contributed by atoms with E-state index in [1.807, 2.05) is 0 Å². The molecular formula is C11H17N5O2S. The third-order valence-electron chi connectivity index (χ3n) is 2.88. The quantitative estimate of drug-likeness (QED) is 0.858. The van der Waals surface area contributed by atoms with Crippen LogP contribution in [0.25, 0.3) is 0 Å². The van der Waals surface area contributed by atoms with Crippen LogP contribution in [0.3, 0.4) is 0 Å². The summed E-state index contributed by atoms with van der Waals surface area (Å²) in [5.74, 6) is -0.267. The van der Waals surface area contributed by atoms with E-state index >= 15 is 0 Å². The maximum Gasteiger partial charge on any atom is 0.285 e. The van der Waals surface area contributed by atoms with Crippen LogP contribution >= 0.6 is 11.3 Å². The second-order valence-corrected chi connectivity index (χ2v) is 5.36. The highest BCUT2D eigenvalue weighted by molar-refractivity contribution is 7.17. The number of aromatic nitrogens is 2. The molecule has 0 radical (unpaired) electrons. The summed E-state index contributed by atoms with van der Waals surface area (Å²) in [7, 11) is 1.74. The average molecular weight is 283 g/mol. The predicted octanol–water partition coefficient (Wildman–Crippen LogP) is 0.274. The summed E-state index contributed by atoms with van der Waals surface area (Å²) in [5, 5.41) is 11.9. The van der Waals surface area contributed by atoms with Gasteiger partial charge >= 0.3 is 0 Å². The molecule has 0 spiro atoms. The van der Waals surface area contributed by atoms with Gasteiger partial charge in [-0.05, 0) is 6.42 Å². The predicted molar refractivity (Wildman–Crippen MR) is 72.2 cm³/mol. The molecular weight excluding hydrogens is 266 g/mol. The molecule has 0 saturated carbocycles. The molecule has 0 aliphatic carbocycles. The summed E-state index contributed by atoms with van der Waals surface area (Å²) >= 11 is 1.23. The number of hydrogen-bond acceptors (Lipinski definition) is 6. The van der Waals surface area contributed by atoms with Crippen molar-refractivity contribution in [3.63, 3.8) is 0 Å². The zero-order valence-electron chi connectivity index (χ0n) is 11.0. The summed E-state index contributed by atoms with van der Waals surface area (Å²) < 4.78 is 0. The molecule has 2 amide bonds. The number of anilines is 1. The molecule has 1 saturated heterocycles. The van der Waals surface area contributed by atoms with Crippen LogP contribution in [-0.4, -0.2) is 65.0 Å². The van der Waals surface area contributed by atoms with Gasteiger partial charge in [0.2, 0.25) is 16.0 Å². The van der Waals surface area contributed by atoms with Crippen molar-refractivity contribution in [2.75, 3.05) is 38.5 Å². The van der Waals surface area contributed by atoms with Gasteiger partial charge in [-0.2, -0.15) is 0 Å². The van der Waals surface area contributed by atoms with Gasteiger partial charge in [-0.15, -0.1) is 10.2 Å². The number of rotatable bonds is 4. The molecule has 1 fully saturated rings. The Hall–Kier alpha value is -1.70. The standard InChI is InChI=1S/C11H17N5O2S/c1-3-4-12-11-14-13-9(19-11)10(18)16-6-5-15(2)8(17)7-16/h3-7H2,1-2H3,(H,12,14). The maximum atomic E-state index is 12.2. The minimum atomic E-state index is -0.219. The molecule has 1 aromatic heterocycles. The molecule has 0 unspecified atom stereocenters. The van der Waals surface area contributed by atoms with E-state index < -0.39 is 0 Å². The van der Waals surface area contributed by atoms with Gasteiger partial charge in [-0.1, -0.05) is 18.3 Å². The van der Waals surface area contributed by atoms with Gasteiger partial charge in [0.1, 0.15) is 6.54 Å². The van der Waals surface area contributed by atoms with Crippen molar-refractivity contribution in [1.82, 2.24) is 20.0 Å². The van der Waals surface area contributed by atoms with E-state index in [0.717, 1.165) is 13.0 Å². The third-order valence-corrected chi connectivity index (χ3v) is 3.75. The minimum absolute atomic E-state index is 0.0477. The van der Waals surface area contributed by atoms with Crippen molar-refractivity contribution < 1.29 is 9.59 Å². The van der Waals surface area contributed by atoms with Gasteiger partial charge in [0.05, 0.1) is 0 Å². The van der Waals surface area contributed by atoms with Crippen molar-refractivity contribution in [3.8, 4) is 0 Å². The fourth-order valence-corrected chi connectivity index (χ4v) is 2.42. The SMILES string of the molecule is CCCNc1nnc(C(=O)N2CCN(C)C(=O)C2)s1. The maximum absolute atomic E-state index is 12.2. The highest BCUT2D eigenvalue weighted by Crippen LogP contribution is 2.17. The van der Waals surface area contributed by atoms with Crippen LogP contribution in [0, 0.1) is 0 Å². The summed E-state index contributed by atoms with van der Waals surface area (Å²) in [5.41, 5.74) is 0. The summed E-state index contributed by atoms with van der Waals surface area (Å²) in [6.45, 7) is 4.07. The summed E-state index contributed by atoms with van der Waals surface area (Å²) in [4.78, 5) is 26.9. The van der Waals surface area contributed by atoms with Crippen molar-refractivity contribution in [2.24, 2.45) is 0 Å². The van der Waals surface area contributed by atoms with Gasteiger partial charge in [-0.25, -0.2) is 0 Å². The fourth-order valence-electron chi connectivity index (χ4n) is 1.68. The third kappa shape index (κ3) is 3.19. The van der Waals surface area contributed by atoms with Crippen molar-refractivity contribution in [2.45, 2.75) is 13.3 Å². The van der Waals surface area contributed by atoms with Crippen molar-refractivity contribution >= 4 is 28.3 Å². The smallest absolute Gasteiger partial charge is 0.285 e. The van der Waals surface area contributed by atoms with E-state index in [9.17, 15) is 9.59 Å². The number of amides is 2. The van der Waals surface area contributed by atoms with Crippen LogP contribution in [0.5, 0.6) is 0 Å². The minimum Gasteiger partial charge on any atom is -0.360 e. The van der Waals surface area contributed by atoms with Crippen LogP contribution in [0.4, 0.5) is 5.13 Å². The molecule has 0 atom stereocenters. The average Bonchev–Trinajstić information content (AvgIpc) is 2.87. The summed E-state index contributed by atoms with van der Waals surface area (Å²) in [6, 6.07) is 0. The number of carbonyl (C=O) groups is 2. The molecule has 1 aromatic rings. The van der Waals surface area contributed by atoms with Crippen LogP contribution in [0.1, 0.15) is 23.1 Å². The first-order chi connectivity index (χ1) is 9.11. The largest absolute Gasteiger partial charge is 0.360 e. The van der Waals surface area contributed by atoms with Gasteiger partial charge in [0.15, 0.2) is 0 Å². The molecule has 0 aromatic carbocycles. The normalized spacial score (nSPS) is 15.8. The number of carbonyl (C=O) groups excluding carboxylic acids is 2. The highest BCUT2D eigenvalue weighted by atomic mass is 32.1. The molecule has 1 aliphatic heterocycles. The highest BCUT2D eigenvalue weighted by Gasteiger charge is 2.27. The van der Waals surface area contributed by atoms with E-state index in [1.54, 1.807) is 11.9 Å². The first-order valence-corrected chi connectivity index (χ1v) is 7.04. The Balaban J connectivity index is 1.99. The Labute approximate surface area is 115 Å². The molecule has 8 heteroatoms. The van der Waals surface area contributed by atoms with Gasteiger partial charge in [0.25, 0.3) is 5.91 Å². The van der Waals surface area contributed by atoms with Crippen molar-refractivity contribution in [1.29, 1.82) is 0 Å². The van der Waals surface area contributed by atoms with Gasteiger partial charge in [-0.3, -0.25) is 9.59 Å². The molecule has 104 valence electrons. The van der Waals surface area contributed by atoms with Crippen LogP contribution in [0.2, 0.25) is 0 Å². The Morgan fingerprint density at radius 2 is 2.21 bits per heavy atom.